The van der Waals surface area contributed by atoms with Gasteiger partial charge < -0.3 is 14.5 Å². The Morgan fingerprint density at radius 3 is 2.55 bits per heavy atom. The van der Waals surface area contributed by atoms with Gasteiger partial charge in [0.05, 0.1) is 12.8 Å². The van der Waals surface area contributed by atoms with Crippen molar-refractivity contribution in [3.05, 3.63) is 35.9 Å². The SMILES string of the molecule is COP(=O)(O)C[C@H]1CC[C@@H](CO)N1Cc1ccccc1. The minimum atomic E-state index is -3.53. The van der Waals surface area contributed by atoms with Gasteiger partial charge in [-0.1, -0.05) is 30.3 Å². The summed E-state index contributed by atoms with van der Waals surface area (Å²) in [5, 5.41) is 9.48. The Labute approximate surface area is 119 Å². The van der Waals surface area contributed by atoms with Crippen LogP contribution >= 0.6 is 7.60 Å². The average molecular weight is 299 g/mol. The predicted molar refractivity (Wildman–Crippen MR) is 77.6 cm³/mol. The summed E-state index contributed by atoms with van der Waals surface area (Å²) < 4.78 is 16.5. The third kappa shape index (κ3) is 3.90. The molecule has 1 aliphatic heterocycles. The highest BCUT2D eigenvalue weighted by Gasteiger charge is 2.37. The number of nitrogens with zero attached hydrogens (tertiary/aromatic N) is 1. The van der Waals surface area contributed by atoms with E-state index in [2.05, 4.69) is 9.42 Å². The summed E-state index contributed by atoms with van der Waals surface area (Å²) in [6.45, 7) is 0.756. The van der Waals surface area contributed by atoms with Crippen molar-refractivity contribution in [3.63, 3.8) is 0 Å². The van der Waals surface area contributed by atoms with Gasteiger partial charge in [0.2, 0.25) is 0 Å². The van der Waals surface area contributed by atoms with E-state index in [1.807, 2.05) is 30.3 Å². The Morgan fingerprint density at radius 1 is 1.30 bits per heavy atom. The fourth-order valence-electron chi connectivity index (χ4n) is 2.80. The molecule has 5 nitrogen and oxygen atoms in total. The molecule has 112 valence electrons. The van der Waals surface area contributed by atoms with Gasteiger partial charge in [-0.15, -0.1) is 0 Å². The fourth-order valence-corrected chi connectivity index (χ4v) is 3.87. The summed E-state index contributed by atoms with van der Waals surface area (Å²) in [5.41, 5.74) is 1.14. The second-order valence-corrected chi connectivity index (χ2v) is 7.23. The summed E-state index contributed by atoms with van der Waals surface area (Å²) in [4.78, 5) is 11.8. The van der Waals surface area contributed by atoms with Gasteiger partial charge in [-0.05, 0) is 18.4 Å². The highest BCUT2D eigenvalue weighted by molar-refractivity contribution is 7.52. The van der Waals surface area contributed by atoms with E-state index in [-0.39, 0.29) is 24.9 Å². The van der Waals surface area contributed by atoms with Gasteiger partial charge >= 0.3 is 7.60 Å². The van der Waals surface area contributed by atoms with Crippen LogP contribution in [-0.2, 0) is 15.6 Å². The molecule has 0 radical (unpaired) electrons. The molecule has 0 bridgehead atoms. The maximum atomic E-state index is 11.8. The first-order chi connectivity index (χ1) is 9.55. The van der Waals surface area contributed by atoms with Crippen LogP contribution in [0.1, 0.15) is 18.4 Å². The molecule has 1 heterocycles. The number of aliphatic hydroxyl groups excluding tert-OH is 1. The first kappa shape index (κ1) is 15.7. The minimum Gasteiger partial charge on any atom is -0.395 e. The van der Waals surface area contributed by atoms with Crippen molar-refractivity contribution in [2.45, 2.75) is 31.5 Å². The molecule has 1 unspecified atom stereocenters. The lowest BCUT2D eigenvalue weighted by Gasteiger charge is -2.30. The van der Waals surface area contributed by atoms with Crippen molar-refractivity contribution in [2.75, 3.05) is 19.9 Å². The Morgan fingerprint density at radius 2 is 1.95 bits per heavy atom. The number of likely N-dealkylation sites (tertiary alicyclic amines) is 1. The van der Waals surface area contributed by atoms with E-state index in [1.165, 1.54) is 7.11 Å². The smallest absolute Gasteiger partial charge is 0.329 e. The lowest BCUT2D eigenvalue weighted by atomic mass is 10.2. The van der Waals surface area contributed by atoms with E-state index in [0.717, 1.165) is 18.4 Å². The number of benzene rings is 1. The normalized spacial score (nSPS) is 26.6. The molecule has 20 heavy (non-hydrogen) atoms. The van der Waals surface area contributed by atoms with E-state index in [0.29, 0.717) is 6.54 Å². The molecule has 1 fully saturated rings. The standard InChI is InChI=1S/C14H22NO4P/c1-19-20(17,18)11-14-8-7-13(10-16)15(14)9-12-5-3-2-4-6-12/h2-6,13-14,16H,7-11H2,1H3,(H,17,18)/t13-,14+/m0/s1. The summed E-state index contributed by atoms with van der Waals surface area (Å²) in [6.07, 6.45) is 1.77. The van der Waals surface area contributed by atoms with E-state index in [9.17, 15) is 14.6 Å². The highest BCUT2D eigenvalue weighted by atomic mass is 31.2. The van der Waals surface area contributed by atoms with Gasteiger partial charge in [0, 0.05) is 25.7 Å². The summed E-state index contributed by atoms with van der Waals surface area (Å²) in [6, 6.07) is 9.99. The van der Waals surface area contributed by atoms with Crippen LogP contribution in [0.25, 0.3) is 0 Å². The lowest BCUT2D eigenvalue weighted by molar-refractivity contribution is 0.126. The van der Waals surface area contributed by atoms with Crippen LogP contribution in [0.4, 0.5) is 0 Å². The zero-order valence-corrected chi connectivity index (χ0v) is 12.6. The first-order valence-corrected chi connectivity index (χ1v) is 8.60. The second kappa shape index (κ2) is 6.83. The van der Waals surface area contributed by atoms with Crippen LogP contribution in [0.15, 0.2) is 30.3 Å². The molecule has 2 N–H and O–H groups in total. The van der Waals surface area contributed by atoms with E-state index in [1.54, 1.807) is 0 Å². The highest BCUT2D eigenvalue weighted by Crippen LogP contribution is 2.44. The van der Waals surface area contributed by atoms with Crippen LogP contribution in [0.5, 0.6) is 0 Å². The Balaban J connectivity index is 2.09. The van der Waals surface area contributed by atoms with E-state index in [4.69, 9.17) is 0 Å². The Bertz CT molecular complexity index is 468. The summed E-state index contributed by atoms with van der Waals surface area (Å²) in [5.74, 6) is 0. The number of hydrogen-bond donors (Lipinski definition) is 2. The van der Waals surface area contributed by atoms with Crippen molar-refractivity contribution in [3.8, 4) is 0 Å². The van der Waals surface area contributed by atoms with Gasteiger partial charge in [0.1, 0.15) is 0 Å². The molecular formula is C14H22NO4P. The summed E-state index contributed by atoms with van der Waals surface area (Å²) in [7, 11) is -2.26. The molecule has 0 spiro atoms. The third-order valence-electron chi connectivity index (χ3n) is 3.92. The van der Waals surface area contributed by atoms with Gasteiger partial charge in [0.15, 0.2) is 0 Å². The van der Waals surface area contributed by atoms with Crippen molar-refractivity contribution in [1.29, 1.82) is 0 Å². The Hall–Kier alpha value is -0.710. The molecular weight excluding hydrogens is 277 g/mol. The van der Waals surface area contributed by atoms with Crippen molar-refractivity contribution < 1.29 is 19.1 Å². The van der Waals surface area contributed by atoms with Gasteiger partial charge in [0.25, 0.3) is 0 Å². The number of rotatable bonds is 6. The predicted octanol–water partition coefficient (Wildman–Crippen LogP) is 1.84. The molecule has 6 heteroatoms. The Kier molecular flexibility index (Phi) is 5.35. The molecule has 3 atom stereocenters. The molecule has 1 aromatic rings. The molecule has 0 amide bonds. The van der Waals surface area contributed by atoms with Crippen LogP contribution in [0.2, 0.25) is 0 Å². The molecule has 1 aromatic carbocycles. The van der Waals surface area contributed by atoms with Crippen LogP contribution in [-0.4, -0.2) is 46.9 Å². The van der Waals surface area contributed by atoms with Crippen LogP contribution in [0, 0.1) is 0 Å². The van der Waals surface area contributed by atoms with Gasteiger partial charge in [-0.3, -0.25) is 9.46 Å². The van der Waals surface area contributed by atoms with Crippen LogP contribution in [0.3, 0.4) is 0 Å². The van der Waals surface area contributed by atoms with Gasteiger partial charge in [-0.2, -0.15) is 0 Å². The molecule has 2 rings (SSSR count). The van der Waals surface area contributed by atoms with Crippen molar-refractivity contribution >= 4 is 7.60 Å². The topological polar surface area (TPSA) is 70.0 Å². The third-order valence-corrected chi connectivity index (χ3v) is 5.37. The molecule has 1 aliphatic rings. The van der Waals surface area contributed by atoms with Gasteiger partial charge in [-0.25, -0.2) is 0 Å². The lowest BCUT2D eigenvalue weighted by Crippen LogP contribution is -2.39. The first-order valence-electron chi connectivity index (χ1n) is 6.84. The molecule has 0 aliphatic carbocycles. The van der Waals surface area contributed by atoms with E-state index >= 15 is 0 Å². The number of hydrogen-bond acceptors (Lipinski definition) is 4. The zero-order valence-electron chi connectivity index (χ0n) is 11.7. The van der Waals surface area contributed by atoms with Crippen LogP contribution < -0.4 is 0 Å². The zero-order chi connectivity index (χ0) is 14.6. The quantitative estimate of drug-likeness (QED) is 0.784. The van der Waals surface area contributed by atoms with Crippen molar-refractivity contribution in [2.24, 2.45) is 0 Å². The minimum absolute atomic E-state index is 0.0249. The van der Waals surface area contributed by atoms with E-state index < -0.39 is 7.60 Å². The molecule has 0 saturated carbocycles. The maximum Gasteiger partial charge on any atom is 0.329 e. The number of aliphatic hydroxyl groups is 1. The molecule has 1 saturated heterocycles. The molecule has 0 aromatic heterocycles. The fraction of sp³-hybridized carbons (Fsp3) is 0.571. The average Bonchev–Trinajstić information content (AvgIpc) is 2.81. The van der Waals surface area contributed by atoms with Crippen molar-refractivity contribution in [1.82, 2.24) is 4.90 Å². The largest absolute Gasteiger partial charge is 0.395 e. The summed E-state index contributed by atoms with van der Waals surface area (Å²) >= 11 is 0. The maximum absolute atomic E-state index is 11.8. The monoisotopic (exact) mass is 299 g/mol. The second-order valence-electron chi connectivity index (χ2n) is 5.23.